The zero-order chi connectivity index (χ0) is 13.5. The van der Waals surface area contributed by atoms with Crippen molar-refractivity contribution in [3.63, 3.8) is 0 Å². The number of carbonyl (C=O) groups excluding carboxylic acids is 2. The topological polar surface area (TPSA) is 93.2 Å². The van der Waals surface area contributed by atoms with Crippen LogP contribution in [0.2, 0.25) is 0 Å². The maximum absolute atomic E-state index is 10.1. The predicted molar refractivity (Wildman–Crippen MR) is 78.4 cm³/mol. The molecule has 6 heteroatoms. The fourth-order valence-electron chi connectivity index (χ4n) is 1.64. The van der Waals surface area contributed by atoms with Crippen LogP contribution in [-0.4, -0.2) is 18.5 Å². The average molecular weight is 379 g/mol. The number of imide groups is 1. The van der Waals surface area contributed by atoms with Gasteiger partial charge in [0.25, 0.3) is 0 Å². The van der Waals surface area contributed by atoms with Gasteiger partial charge in [0.15, 0.2) is 0 Å². The van der Waals surface area contributed by atoms with E-state index in [1.165, 1.54) is 11.1 Å². The molecule has 1 fully saturated rings. The molecule has 5 N–H and O–H groups in total. The molecule has 0 aromatic heterocycles. The summed E-state index contributed by atoms with van der Waals surface area (Å²) >= 11 is 0. The number of carbonyl (C=O) groups is 2. The molecule has 0 atom stereocenters. The van der Waals surface area contributed by atoms with Crippen LogP contribution in [0.1, 0.15) is 0 Å². The van der Waals surface area contributed by atoms with Crippen molar-refractivity contribution in [3.8, 4) is 11.1 Å². The Morgan fingerprint density at radius 3 is 1.43 bits per heavy atom. The summed E-state index contributed by atoms with van der Waals surface area (Å²) in [6.45, 7) is 0.124. The molecular weight excluding hydrogens is 362 g/mol. The van der Waals surface area contributed by atoms with Crippen LogP contribution in [0.4, 0.5) is 4.79 Å². The normalized spacial score (nSPS) is 11.8. The molecule has 0 unspecified atom stereocenters. The summed E-state index contributed by atoms with van der Waals surface area (Å²) in [5.74, 6) is -0.259. The van der Waals surface area contributed by atoms with E-state index in [0.29, 0.717) is 0 Å². The first-order valence-electron chi connectivity index (χ1n) is 5.94. The van der Waals surface area contributed by atoms with Gasteiger partial charge in [0.2, 0.25) is 5.91 Å². The van der Waals surface area contributed by atoms with Gasteiger partial charge in [-0.15, -0.1) is 0 Å². The zero-order valence-electron chi connectivity index (χ0n) is 11.3. The van der Waals surface area contributed by atoms with Gasteiger partial charge in [0.05, 0.1) is 6.54 Å². The van der Waals surface area contributed by atoms with Gasteiger partial charge in [-0.2, -0.15) is 0 Å². The van der Waals surface area contributed by atoms with Gasteiger partial charge in [-0.3, -0.25) is 10.1 Å². The molecule has 0 aliphatic carbocycles. The van der Waals surface area contributed by atoms with Crippen LogP contribution in [0.5, 0.6) is 0 Å². The number of hydrogen-bond acceptors (Lipinski definition) is 3. The van der Waals surface area contributed by atoms with E-state index in [9.17, 15) is 9.59 Å². The number of urea groups is 1. The summed E-state index contributed by atoms with van der Waals surface area (Å²) in [5, 5.41) is 4.30. The van der Waals surface area contributed by atoms with Gasteiger partial charge < -0.3 is 11.5 Å². The van der Waals surface area contributed by atoms with Crippen molar-refractivity contribution in [2.24, 2.45) is 0 Å². The van der Waals surface area contributed by atoms with E-state index >= 15 is 0 Å². The average Bonchev–Trinajstić information content (AvgIpc) is 2.85. The third-order valence-electron chi connectivity index (χ3n) is 2.54. The SMILES string of the molecule is N.O=C1CNC(=O)N1.[Ag].c1ccc(-c2ccccc2)cc1. The summed E-state index contributed by atoms with van der Waals surface area (Å²) in [7, 11) is 0. The Bertz CT molecular complexity index is 510. The zero-order valence-corrected chi connectivity index (χ0v) is 12.8. The maximum atomic E-state index is 10.1. The van der Waals surface area contributed by atoms with E-state index in [0.717, 1.165) is 0 Å². The van der Waals surface area contributed by atoms with Crippen LogP contribution in [0.15, 0.2) is 60.7 Å². The Hall–Kier alpha value is -1.92. The molecule has 3 rings (SSSR count). The van der Waals surface area contributed by atoms with Crippen molar-refractivity contribution in [1.82, 2.24) is 16.8 Å². The van der Waals surface area contributed by atoms with Gasteiger partial charge >= 0.3 is 6.03 Å². The fraction of sp³-hybridized carbons (Fsp3) is 0.0667. The molecule has 0 bridgehead atoms. The molecule has 2 aromatic carbocycles. The molecule has 115 valence electrons. The third kappa shape index (κ3) is 6.38. The Labute approximate surface area is 139 Å². The molecule has 0 spiro atoms. The Morgan fingerprint density at radius 2 is 1.19 bits per heavy atom. The Kier molecular flexibility index (Phi) is 9.00. The monoisotopic (exact) mass is 378 g/mol. The van der Waals surface area contributed by atoms with Gasteiger partial charge in [-0.05, 0) is 11.1 Å². The second-order valence-electron chi connectivity index (χ2n) is 3.96. The van der Waals surface area contributed by atoms with Crippen molar-refractivity contribution in [1.29, 1.82) is 0 Å². The van der Waals surface area contributed by atoms with Crippen LogP contribution in [0, 0.1) is 0 Å². The summed E-state index contributed by atoms with van der Waals surface area (Å²) in [6.07, 6.45) is 0. The van der Waals surface area contributed by atoms with Gasteiger partial charge in [0.1, 0.15) is 0 Å². The van der Waals surface area contributed by atoms with Crippen molar-refractivity contribution in [2.45, 2.75) is 0 Å². The minimum Gasteiger partial charge on any atom is -0.344 e. The summed E-state index contributed by atoms with van der Waals surface area (Å²) in [5.41, 5.74) is 2.55. The minimum absolute atomic E-state index is 0. The predicted octanol–water partition coefficient (Wildman–Crippen LogP) is 2.34. The van der Waals surface area contributed by atoms with E-state index in [1.807, 2.05) is 17.4 Å². The van der Waals surface area contributed by atoms with Crippen LogP contribution in [0.3, 0.4) is 0 Å². The van der Waals surface area contributed by atoms with E-state index in [-0.39, 0.29) is 41.0 Å². The van der Waals surface area contributed by atoms with Crippen molar-refractivity contribution in [2.75, 3.05) is 6.54 Å². The van der Waals surface area contributed by atoms with Crippen LogP contribution in [-0.2, 0) is 27.2 Å². The first-order chi connectivity index (χ1) is 9.25. The summed E-state index contributed by atoms with van der Waals surface area (Å²) in [4.78, 5) is 20.1. The van der Waals surface area contributed by atoms with Crippen LogP contribution < -0.4 is 16.8 Å². The second-order valence-corrected chi connectivity index (χ2v) is 3.96. The summed E-state index contributed by atoms with van der Waals surface area (Å²) < 4.78 is 0. The quantitative estimate of drug-likeness (QED) is 0.525. The number of amides is 3. The molecule has 0 saturated carbocycles. The number of nitrogens with one attached hydrogen (secondary N) is 2. The smallest absolute Gasteiger partial charge is 0.321 e. The molecule has 1 aliphatic rings. The standard InChI is InChI=1S/C12H10.C3H4N2O2.Ag.H3N/c1-3-7-11(8-4-1)12-9-5-2-6-10-12;6-2-1-4-3(7)5-2;;/h1-10H;1H2,(H2,4,5,6,7);;1H3. The number of benzene rings is 2. The number of rotatable bonds is 1. The van der Waals surface area contributed by atoms with Crippen molar-refractivity contribution < 1.29 is 32.0 Å². The van der Waals surface area contributed by atoms with Crippen LogP contribution in [0.25, 0.3) is 11.1 Å². The van der Waals surface area contributed by atoms with Gasteiger partial charge in [-0.25, -0.2) is 4.79 Å². The third-order valence-corrected chi connectivity index (χ3v) is 2.54. The van der Waals surface area contributed by atoms with Gasteiger partial charge in [-0.1, -0.05) is 60.7 Å². The molecule has 21 heavy (non-hydrogen) atoms. The maximum Gasteiger partial charge on any atom is 0.321 e. The van der Waals surface area contributed by atoms with Crippen LogP contribution >= 0.6 is 0 Å². The fourth-order valence-corrected chi connectivity index (χ4v) is 1.64. The first-order valence-corrected chi connectivity index (χ1v) is 5.94. The van der Waals surface area contributed by atoms with E-state index in [1.54, 1.807) is 0 Å². The van der Waals surface area contributed by atoms with Crippen molar-refractivity contribution >= 4 is 11.9 Å². The molecule has 1 saturated heterocycles. The molecular formula is C15H17AgN3O2. The molecule has 3 amide bonds. The van der Waals surface area contributed by atoms with E-state index in [2.05, 4.69) is 53.8 Å². The Morgan fingerprint density at radius 1 is 0.762 bits per heavy atom. The molecule has 2 aromatic rings. The second kappa shape index (κ2) is 9.90. The van der Waals surface area contributed by atoms with E-state index < -0.39 is 6.03 Å². The first kappa shape index (κ1) is 19.1. The molecule has 5 nitrogen and oxygen atoms in total. The molecule has 1 heterocycles. The van der Waals surface area contributed by atoms with Crippen molar-refractivity contribution in [3.05, 3.63) is 60.7 Å². The number of hydrogen-bond donors (Lipinski definition) is 3. The molecule has 1 radical (unpaired) electrons. The van der Waals surface area contributed by atoms with E-state index in [4.69, 9.17) is 0 Å². The van der Waals surface area contributed by atoms with Gasteiger partial charge in [0, 0.05) is 22.4 Å². The largest absolute Gasteiger partial charge is 0.344 e. The minimum atomic E-state index is -0.398. The summed E-state index contributed by atoms with van der Waals surface area (Å²) in [6, 6.07) is 20.4. The molecule has 1 aliphatic heterocycles. The Balaban J connectivity index is 0.000000389.